The van der Waals surface area contributed by atoms with Crippen LogP contribution in [0.25, 0.3) is 0 Å². The molecule has 32 heavy (non-hydrogen) atoms. The molecule has 2 aromatic rings. The number of nitrogens with one attached hydrogen (secondary N) is 1. The molecule has 7 nitrogen and oxygen atoms in total. The third kappa shape index (κ3) is 4.52. The molecule has 176 valence electrons. The first-order chi connectivity index (χ1) is 15.2. The number of amides is 2. The molecule has 2 aromatic heterocycles. The molecule has 1 unspecified atom stereocenters. The first-order valence-corrected chi connectivity index (χ1v) is 9.68. The van der Waals surface area contributed by atoms with Crippen molar-refractivity contribution in [2.24, 2.45) is 0 Å². The van der Waals surface area contributed by atoms with Crippen LogP contribution < -0.4 is 5.32 Å². The molecule has 2 N–H and O–H groups in total. The maximum atomic E-state index is 14.7. The molecule has 4 heterocycles. The molecule has 13 heteroatoms. The predicted molar refractivity (Wildman–Crippen MR) is 101 cm³/mol. The predicted octanol–water partition coefficient (Wildman–Crippen LogP) is 3.78. The molecule has 0 spiro atoms. The van der Waals surface area contributed by atoms with E-state index in [1.54, 1.807) is 0 Å². The second kappa shape index (κ2) is 9.35. The van der Waals surface area contributed by atoms with E-state index in [1.807, 2.05) is 0 Å². The highest BCUT2D eigenvalue weighted by atomic mass is 19.3. The maximum absolute atomic E-state index is 14.7. The summed E-state index contributed by atoms with van der Waals surface area (Å²) in [5, 5.41) is 16.2. The average Bonchev–Trinajstić information content (AvgIpc) is 3.07. The van der Waals surface area contributed by atoms with Crippen molar-refractivity contribution in [2.75, 3.05) is 19.0 Å². The number of pyridine rings is 1. The van der Waals surface area contributed by atoms with Crippen LogP contribution >= 0.6 is 0 Å². The van der Waals surface area contributed by atoms with Gasteiger partial charge >= 0.3 is 6.03 Å². The number of aliphatic hydroxyl groups excluding tert-OH is 1. The van der Waals surface area contributed by atoms with Gasteiger partial charge in [0.1, 0.15) is 11.4 Å². The van der Waals surface area contributed by atoms with E-state index in [1.165, 1.54) is 4.90 Å². The molecule has 4 rings (SSSR count). The molecule has 1 atom stereocenters. The Morgan fingerprint density at radius 3 is 2.75 bits per heavy atom. The number of aromatic nitrogens is 3. The summed E-state index contributed by atoms with van der Waals surface area (Å²) in [6, 6.07) is 0.221. The number of urea groups is 1. The molecule has 2 amide bonds. The topological polar surface area (TPSA) is 83.3 Å². The number of nitrogens with zero attached hydrogens (tertiary/aromatic N) is 4. The van der Waals surface area contributed by atoms with E-state index in [4.69, 9.17) is 0 Å². The summed E-state index contributed by atoms with van der Waals surface area (Å²) < 4.78 is 79.7. The lowest BCUT2D eigenvalue weighted by Crippen LogP contribution is -2.39. The normalized spacial score (nSPS) is 19.4. The summed E-state index contributed by atoms with van der Waals surface area (Å²) in [4.78, 5) is 17.0. The number of hydrogen-bond acceptors (Lipinski definition) is 4. The average molecular weight is 465 g/mol. The quantitative estimate of drug-likeness (QED) is 0.662. The highest BCUT2D eigenvalue weighted by molar-refractivity contribution is 5.89. The number of alkyl halides is 5. The molecule has 0 aromatic carbocycles. The van der Waals surface area contributed by atoms with Gasteiger partial charge in [-0.15, -0.1) is 0 Å². The fourth-order valence-electron chi connectivity index (χ4n) is 3.80. The SMILES string of the molecule is CF.O=C(Nc1ccnc(C(F)F)c1F)N1CCc2nn3c(c2C1)C(F)(F)CCC(O)C3. The first-order valence-electron chi connectivity index (χ1n) is 9.68. The highest BCUT2D eigenvalue weighted by Crippen LogP contribution is 2.40. The monoisotopic (exact) mass is 465 g/mol. The van der Waals surface area contributed by atoms with Gasteiger partial charge in [-0.2, -0.15) is 13.9 Å². The zero-order valence-electron chi connectivity index (χ0n) is 17.0. The smallest absolute Gasteiger partial charge is 0.322 e. The Labute approximate surface area is 179 Å². The van der Waals surface area contributed by atoms with Crippen LogP contribution in [0, 0.1) is 5.82 Å². The van der Waals surface area contributed by atoms with E-state index >= 15 is 0 Å². The van der Waals surface area contributed by atoms with Crippen molar-refractivity contribution in [3.63, 3.8) is 0 Å². The zero-order valence-corrected chi connectivity index (χ0v) is 17.0. The van der Waals surface area contributed by atoms with E-state index in [0.717, 1.165) is 16.9 Å². The molecular formula is C19H21F6N5O2. The molecule has 0 fully saturated rings. The van der Waals surface area contributed by atoms with Gasteiger partial charge in [0.15, 0.2) is 5.82 Å². The molecule has 0 radical (unpaired) electrons. The van der Waals surface area contributed by atoms with Crippen LogP contribution in [0.2, 0.25) is 0 Å². The van der Waals surface area contributed by atoms with Crippen molar-refractivity contribution in [3.8, 4) is 0 Å². The Balaban J connectivity index is 0.00000141. The Hall–Kier alpha value is -2.83. The highest BCUT2D eigenvalue weighted by Gasteiger charge is 2.43. The summed E-state index contributed by atoms with van der Waals surface area (Å²) in [6.07, 6.45) is -3.59. The van der Waals surface area contributed by atoms with Crippen LogP contribution in [-0.2, 0) is 25.4 Å². The van der Waals surface area contributed by atoms with Crippen LogP contribution in [0.15, 0.2) is 12.3 Å². The van der Waals surface area contributed by atoms with Gasteiger partial charge in [0.25, 0.3) is 12.3 Å². The van der Waals surface area contributed by atoms with Gasteiger partial charge in [0, 0.05) is 31.1 Å². The van der Waals surface area contributed by atoms with Gasteiger partial charge in [-0.3, -0.25) is 14.1 Å². The van der Waals surface area contributed by atoms with E-state index < -0.39 is 48.1 Å². The number of rotatable bonds is 2. The van der Waals surface area contributed by atoms with Gasteiger partial charge in [-0.1, -0.05) is 0 Å². The Morgan fingerprint density at radius 1 is 1.34 bits per heavy atom. The van der Waals surface area contributed by atoms with E-state index in [0.29, 0.717) is 12.9 Å². The van der Waals surface area contributed by atoms with Crippen LogP contribution in [0.3, 0.4) is 0 Å². The molecule has 2 aliphatic heterocycles. The fraction of sp³-hybridized carbons (Fsp3) is 0.526. The number of carbonyl (C=O) groups excluding carboxylic acids is 1. The second-order valence-electron chi connectivity index (χ2n) is 7.31. The van der Waals surface area contributed by atoms with Crippen molar-refractivity contribution in [3.05, 3.63) is 40.7 Å². The minimum absolute atomic E-state index is 0.0667. The third-order valence-electron chi connectivity index (χ3n) is 5.27. The van der Waals surface area contributed by atoms with E-state index in [9.17, 15) is 36.2 Å². The van der Waals surface area contributed by atoms with Gasteiger partial charge in [0.05, 0.1) is 37.8 Å². The zero-order chi connectivity index (χ0) is 23.6. The molecule has 0 saturated heterocycles. The van der Waals surface area contributed by atoms with Crippen molar-refractivity contribution in [1.82, 2.24) is 19.7 Å². The number of hydrogen-bond donors (Lipinski definition) is 2. The fourth-order valence-corrected chi connectivity index (χ4v) is 3.80. The van der Waals surface area contributed by atoms with Gasteiger partial charge in [0.2, 0.25) is 0 Å². The Morgan fingerprint density at radius 2 is 2.06 bits per heavy atom. The second-order valence-corrected chi connectivity index (χ2v) is 7.31. The molecule has 2 aliphatic rings. The number of halogens is 6. The van der Waals surface area contributed by atoms with Crippen LogP contribution in [0.1, 0.15) is 41.9 Å². The summed E-state index contributed by atoms with van der Waals surface area (Å²) in [5.41, 5.74) is -1.29. The lowest BCUT2D eigenvalue weighted by Gasteiger charge is -2.28. The van der Waals surface area contributed by atoms with Crippen LogP contribution in [0.4, 0.5) is 36.8 Å². The largest absolute Gasteiger partial charge is 0.391 e. The number of anilines is 1. The maximum Gasteiger partial charge on any atom is 0.322 e. The lowest BCUT2D eigenvalue weighted by atomic mass is 10.00. The van der Waals surface area contributed by atoms with Crippen molar-refractivity contribution >= 4 is 11.7 Å². The molecule has 0 saturated carbocycles. The van der Waals surface area contributed by atoms with E-state index in [2.05, 4.69) is 15.4 Å². The number of aliphatic hydroxyl groups is 1. The van der Waals surface area contributed by atoms with E-state index in [-0.39, 0.29) is 43.7 Å². The Kier molecular flexibility index (Phi) is 6.96. The summed E-state index contributed by atoms with van der Waals surface area (Å²) in [6.45, 7) is -0.142. The standard InChI is InChI=1S/C18H18F5N5O2.CH3F/c19-13-12(2-5-24-14(13)16(20)21)25-17(30)27-6-3-11-10(8-27)15-18(22,23)4-1-9(29)7-28(15)26-11;1-2/h2,5,9,16,29H,1,3-4,6-8H2,(H,24,25,30);1H3. The van der Waals surface area contributed by atoms with Gasteiger partial charge < -0.3 is 15.3 Å². The van der Waals surface area contributed by atoms with Crippen molar-refractivity contribution in [2.45, 2.75) is 50.8 Å². The summed E-state index contributed by atoms with van der Waals surface area (Å²) >= 11 is 0. The van der Waals surface area contributed by atoms with Crippen molar-refractivity contribution in [1.29, 1.82) is 0 Å². The van der Waals surface area contributed by atoms with Crippen LogP contribution in [-0.4, -0.2) is 50.6 Å². The minimum atomic E-state index is -3.22. The van der Waals surface area contributed by atoms with Gasteiger partial charge in [-0.25, -0.2) is 18.0 Å². The summed E-state index contributed by atoms with van der Waals surface area (Å²) in [5.74, 6) is -4.57. The van der Waals surface area contributed by atoms with Crippen LogP contribution in [0.5, 0.6) is 0 Å². The third-order valence-corrected chi connectivity index (χ3v) is 5.27. The minimum Gasteiger partial charge on any atom is -0.391 e. The van der Waals surface area contributed by atoms with Crippen molar-refractivity contribution < 1.29 is 36.2 Å². The Bertz CT molecular complexity index is 983. The number of carbonyl (C=O) groups is 1. The summed E-state index contributed by atoms with van der Waals surface area (Å²) in [7, 11) is 0.500. The first kappa shape index (κ1) is 23.8. The molecular weight excluding hydrogens is 444 g/mol. The number of fused-ring (bicyclic) bond motifs is 3. The lowest BCUT2D eigenvalue weighted by molar-refractivity contribution is -0.0248. The molecule has 0 bridgehead atoms. The van der Waals surface area contributed by atoms with Gasteiger partial charge in [-0.05, 0) is 12.5 Å². The molecule has 0 aliphatic carbocycles.